The van der Waals surface area contributed by atoms with Gasteiger partial charge in [-0.05, 0) is 36.8 Å². The maximum absolute atomic E-state index is 12.6. The third-order valence-corrected chi connectivity index (χ3v) is 6.58. The Balaban J connectivity index is 1.65. The number of aromatic nitrogens is 1. The molecule has 0 aliphatic carbocycles. The SMILES string of the molecule is COCC1CC2(CCN(S(=O)(=O)c3cccnc3)CC2)CO1. The van der Waals surface area contributed by atoms with Crippen LogP contribution in [-0.4, -0.2) is 57.2 Å². The van der Waals surface area contributed by atoms with Gasteiger partial charge < -0.3 is 9.47 Å². The first-order valence-corrected chi connectivity index (χ1v) is 9.00. The van der Waals surface area contributed by atoms with Crippen molar-refractivity contribution < 1.29 is 17.9 Å². The van der Waals surface area contributed by atoms with Crippen LogP contribution in [0.5, 0.6) is 0 Å². The zero-order valence-electron chi connectivity index (χ0n) is 12.8. The summed E-state index contributed by atoms with van der Waals surface area (Å²) < 4.78 is 37.7. The van der Waals surface area contributed by atoms with Crippen molar-refractivity contribution in [3.05, 3.63) is 24.5 Å². The van der Waals surface area contributed by atoms with Crippen LogP contribution in [0.25, 0.3) is 0 Å². The molecule has 0 amide bonds. The van der Waals surface area contributed by atoms with E-state index in [1.165, 1.54) is 6.20 Å². The minimum atomic E-state index is -3.43. The Morgan fingerprint density at radius 1 is 1.45 bits per heavy atom. The number of piperidine rings is 1. The van der Waals surface area contributed by atoms with Crippen LogP contribution in [0.3, 0.4) is 0 Å². The number of ether oxygens (including phenoxy) is 2. The van der Waals surface area contributed by atoms with Gasteiger partial charge in [-0.2, -0.15) is 4.31 Å². The van der Waals surface area contributed by atoms with E-state index >= 15 is 0 Å². The number of hydrogen-bond acceptors (Lipinski definition) is 5. The average Bonchev–Trinajstić information content (AvgIpc) is 2.92. The zero-order valence-corrected chi connectivity index (χ0v) is 13.6. The van der Waals surface area contributed by atoms with E-state index < -0.39 is 10.0 Å². The Morgan fingerprint density at radius 3 is 2.86 bits per heavy atom. The summed E-state index contributed by atoms with van der Waals surface area (Å²) in [6.07, 6.45) is 5.77. The van der Waals surface area contributed by atoms with Gasteiger partial charge in [-0.25, -0.2) is 8.42 Å². The van der Waals surface area contributed by atoms with E-state index in [1.54, 1.807) is 29.7 Å². The Labute approximate surface area is 131 Å². The van der Waals surface area contributed by atoms with E-state index in [1.807, 2.05) is 0 Å². The molecule has 2 fully saturated rings. The summed E-state index contributed by atoms with van der Waals surface area (Å²) in [4.78, 5) is 4.18. The smallest absolute Gasteiger partial charge is 0.244 e. The van der Waals surface area contributed by atoms with Crippen molar-refractivity contribution in [1.29, 1.82) is 0 Å². The second kappa shape index (κ2) is 6.23. The summed E-state index contributed by atoms with van der Waals surface area (Å²) in [6.45, 7) is 2.40. The van der Waals surface area contributed by atoms with Crippen molar-refractivity contribution in [3.8, 4) is 0 Å². The molecule has 22 heavy (non-hydrogen) atoms. The summed E-state index contributed by atoms with van der Waals surface area (Å²) in [5.74, 6) is 0. The van der Waals surface area contributed by atoms with Crippen molar-refractivity contribution >= 4 is 10.0 Å². The van der Waals surface area contributed by atoms with Gasteiger partial charge in [-0.3, -0.25) is 4.98 Å². The maximum atomic E-state index is 12.6. The van der Waals surface area contributed by atoms with Crippen molar-refractivity contribution in [2.24, 2.45) is 5.41 Å². The first-order chi connectivity index (χ1) is 10.6. The highest BCUT2D eigenvalue weighted by atomic mass is 32.2. The highest BCUT2D eigenvalue weighted by Gasteiger charge is 2.44. The van der Waals surface area contributed by atoms with Gasteiger partial charge in [0.25, 0.3) is 0 Å². The zero-order chi connectivity index (χ0) is 15.6. The summed E-state index contributed by atoms with van der Waals surface area (Å²) in [5.41, 5.74) is 0.115. The lowest BCUT2D eigenvalue weighted by Crippen LogP contribution is -2.43. The lowest BCUT2D eigenvalue weighted by molar-refractivity contribution is 0.0312. The molecule has 0 aromatic carbocycles. The van der Waals surface area contributed by atoms with Gasteiger partial charge in [-0.1, -0.05) is 0 Å². The Kier molecular flexibility index (Phi) is 4.49. The molecule has 1 aromatic heterocycles. The summed E-state index contributed by atoms with van der Waals surface area (Å²) >= 11 is 0. The number of hydrogen-bond donors (Lipinski definition) is 0. The van der Waals surface area contributed by atoms with Gasteiger partial charge >= 0.3 is 0 Å². The molecule has 3 heterocycles. The molecule has 1 unspecified atom stereocenters. The van der Waals surface area contributed by atoms with Gasteiger partial charge in [0, 0.05) is 32.6 Å². The molecule has 3 rings (SSSR count). The van der Waals surface area contributed by atoms with Crippen LogP contribution < -0.4 is 0 Å². The normalized spacial score (nSPS) is 25.6. The highest BCUT2D eigenvalue weighted by Crippen LogP contribution is 2.42. The van der Waals surface area contributed by atoms with Crippen molar-refractivity contribution in [2.75, 3.05) is 33.4 Å². The summed E-state index contributed by atoms with van der Waals surface area (Å²) in [6, 6.07) is 3.25. The topological polar surface area (TPSA) is 68.7 Å². The number of rotatable bonds is 4. The Bertz CT molecular complexity index is 597. The van der Waals surface area contributed by atoms with Gasteiger partial charge in [-0.15, -0.1) is 0 Å². The molecule has 0 saturated carbocycles. The van der Waals surface area contributed by atoms with Crippen LogP contribution in [0, 0.1) is 5.41 Å². The predicted octanol–water partition coefficient (Wildman–Crippen LogP) is 1.29. The molecule has 0 N–H and O–H groups in total. The van der Waals surface area contributed by atoms with Crippen LogP contribution in [-0.2, 0) is 19.5 Å². The Hall–Kier alpha value is -1.02. The van der Waals surface area contributed by atoms with Crippen LogP contribution in [0.4, 0.5) is 0 Å². The standard InChI is InChI=1S/C15H22N2O4S/c1-20-11-13-9-15(12-21-13)4-7-17(8-5-15)22(18,19)14-3-2-6-16-10-14/h2-3,6,10,13H,4-5,7-9,11-12H2,1H3. The van der Waals surface area contributed by atoms with E-state index in [9.17, 15) is 8.42 Å². The third-order valence-electron chi connectivity index (χ3n) is 4.69. The largest absolute Gasteiger partial charge is 0.382 e. The number of methoxy groups -OCH3 is 1. The molecule has 1 aromatic rings. The van der Waals surface area contributed by atoms with Gasteiger partial charge in [0.05, 0.1) is 19.3 Å². The first kappa shape index (κ1) is 15.9. The van der Waals surface area contributed by atoms with E-state index in [0.717, 1.165) is 19.3 Å². The molecular weight excluding hydrogens is 304 g/mol. The van der Waals surface area contributed by atoms with Gasteiger partial charge in [0.15, 0.2) is 0 Å². The third kappa shape index (κ3) is 3.03. The van der Waals surface area contributed by atoms with Crippen molar-refractivity contribution in [3.63, 3.8) is 0 Å². The number of nitrogens with zero attached hydrogens (tertiary/aromatic N) is 2. The lowest BCUT2D eigenvalue weighted by Gasteiger charge is -2.37. The molecular formula is C15H22N2O4S. The molecule has 7 heteroatoms. The monoisotopic (exact) mass is 326 g/mol. The molecule has 2 saturated heterocycles. The lowest BCUT2D eigenvalue weighted by atomic mass is 9.77. The van der Waals surface area contributed by atoms with E-state index in [2.05, 4.69) is 4.98 Å². The predicted molar refractivity (Wildman–Crippen MR) is 80.9 cm³/mol. The molecule has 2 aliphatic rings. The average molecular weight is 326 g/mol. The molecule has 122 valence electrons. The molecule has 2 aliphatic heterocycles. The number of pyridine rings is 1. The van der Waals surface area contributed by atoms with Crippen LogP contribution in [0.2, 0.25) is 0 Å². The number of sulfonamides is 1. The molecule has 1 spiro atoms. The minimum Gasteiger partial charge on any atom is -0.382 e. The van der Waals surface area contributed by atoms with E-state index in [0.29, 0.717) is 26.3 Å². The maximum Gasteiger partial charge on any atom is 0.244 e. The molecule has 6 nitrogen and oxygen atoms in total. The minimum absolute atomic E-state index is 0.115. The van der Waals surface area contributed by atoms with E-state index in [-0.39, 0.29) is 16.4 Å². The summed E-state index contributed by atoms with van der Waals surface area (Å²) in [7, 11) is -1.75. The van der Waals surface area contributed by atoms with Crippen LogP contribution in [0.1, 0.15) is 19.3 Å². The van der Waals surface area contributed by atoms with Crippen molar-refractivity contribution in [2.45, 2.75) is 30.3 Å². The fourth-order valence-electron chi connectivity index (χ4n) is 3.39. The quantitative estimate of drug-likeness (QED) is 0.834. The van der Waals surface area contributed by atoms with Gasteiger partial charge in [0.2, 0.25) is 10.0 Å². The molecule has 1 atom stereocenters. The van der Waals surface area contributed by atoms with Gasteiger partial charge in [0.1, 0.15) is 4.90 Å². The summed E-state index contributed by atoms with van der Waals surface area (Å²) in [5, 5.41) is 0. The first-order valence-electron chi connectivity index (χ1n) is 7.56. The van der Waals surface area contributed by atoms with E-state index in [4.69, 9.17) is 9.47 Å². The van der Waals surface area contributed by atoms with Crippen LogP contribution >= 0.6 is 0 Å². The van der Waals surface area contributed by atoms with Crippen LogP contribution in [0.15, 0.2) is 29.4 Å². The molecule has 0 radical (unpaired) electrons. The fraction of sp³-hybridized carbons (Fsp3) is 0.667. The second-order valence-corrected chi connectivity index (χ2v) is 8.12. The fourth-order valence-corrected chi connectivity index (χ4v) is 4.79. The molecule has 0 bridgehead atoms. The second-order valence-electron chi connectivity index (χ2n) is 6.19. The highest BCUT2D eigenvalue weighted by molar-refractivity contribution is 7.89. The van der Waals surface area contributed by atoms with Crippen molar-refractivity contribution in [1.82, 2.24) is 9.29 Å². The Morgan fingerprint density at radius 2 is 2.23 bits per heavy atom.